The molecule has 1 aromatic heterocycles. The monoisotopic (exact) mass is 316 g/mol. The molecule has 0 saturated carbocycles. The number of carbonyl (C=O) groups excluding carboxylic acids is 3. The second kappa shape index (κ2) is 7.91. The Balaban J connectivity index is 2.66. The summed E-state index contributed by atoms with van der Waals surface area (Å²) in [5.41, 5.74) is 1.07. The Morgan fingerprint density at radius 2 is 2.10 bits per heavy atom. The zero-order valence-electron chi connectivity index (χ0n) is 11.1. The molecule has 1 N–H and O–H groups in total. The van der Waals surface area contributed by atoms with Crippen molar-refractivity contribution in [3.63, 3.8) is 0 Å². The van der Waals surface area contributed by atoms with E-state index in [9.17, 15) is 19.5 Å². The number of aliphatic carboxylic acids is 1. The zero-order valence-corrected chi connectivity index (χ0v) is 12.7. The Bertz CT molecular complexity index is 512. The van der Waals surface area contributed by atoms with E-state index in [0.29, 0.717) is 10.6 Å². The van der Waals surface area contributed by atoms with E-state index in [1.54, 1.807) is 19.2 Å². The topological polar surface area (TPSA) is 95.5 Å². The third-order valence-corrected chi connectivity index (χ3v) is 4.08. The number of hydrogen-bond donors (Lipinski definition) is 1. The smallest absolute Gasteiger partial charge is 0.341 e. The molecule has 0 aromatic carbocycles. The summed E-state index contributed by atoms with van der Waals surface area (Å²) in [5, 5.41) is 15.0. The highest BCUT2D eigenvalue weighted by molar-refractivity contribution is 8.00. The lowest BCUT2D eigenvalue weighted by atomic mass is 10.2. The van der Waals surface area contributed by atoms with Gasteiger partial charge in [-0.15, -0.1) is 23.1 Å². The van der Waals surface area contributed by atoms with Crippen molar-refractivity contribution in [2.75, 3.05) is 23.4 Å². The fourth-order valence-electron chi connectivity index (χ4n) is 1.38. The molecule has 0 radical (unpaired) electrons. The molecule has 1 aromatic rings. The van der Waals surface area contributed by atoms with Crippen LogP contribution in [-0.4, -0.2) is 36.0 Å². The average Bonchev–Trinajstić information content (AvgIpc) is 2.70. The molecule has 0 bridgehead atoms. The fourth-order valence-corrected chi connectivity index (χ4v) is 2.86. The molecule has 8 heteroatoms. The van der Waals surface area contributed by atoms with Crippen molar-refractivity contribution < 1.29 is 24.2 Å². The number of anilines is 1. The lowest BCUT2D eigenvalue weighted by Crippen LogP contribution is -2.25. The van der Waals surface area contributed by atoms with E-state index in [0.717, 1.165) is 17.3 Å². The molecule has 0 aliphatic carbocycles. The SMILES string of the molecule is CCOC(=O)c1c(C)csc1NC(=O)CSCC(=O)[O-]. The molecule has 0 aliphatic rings. The lowest BCUT2D eigenvalue weighted by molar-refractivity contribution is -0.301. The predicted molar refractivity (Wildman–Crippen MR) is 76.0 cm³/mol. The number of carboxylic acid groups (broad SMARTS) is 1. The van der Waals surface area contributed by atoms with E-state index in [4.69, 9.17) is 4.74 Å². The van der Waals surface area contributed by atoms with Gasteiger partial charge in [0.25, 0.3) is 0 Å². The number of thioether (sulfide) groups is 1. The summed E-state index contributed by atoms with van der Waals surface area (Å²) in [6, 6.07) is 0. The summed E-state index contributed by atoms with van der Waals surface area (Å²) in [6.45, 7) is 3.71. The number of thiophene rings is 1. The minimum atomic E-state index is -1.22. The highest BCUT2D eigenvalue weighted by Gasteiger charge is 2.19. The number of hydrogen-bond acceptors (Lipinski definition) is 7. The van der Waals surface area contributed by atoms with Crippen LogP contribution in [0.5, 0.6) is 0 Å². The van der Waals surface area contributed by atoms with E-state index in [1.165, 1.54) is 11.3 Å². The van der Waals surface area contributed by atoms with Crippen LogP contribution in [0.25, 0.3) is 0 Å². The van der Waals surface area contributed by atoms with Gasteiger partial charge in [0, 0.05) is 5.75 Å². The van der Waals surface area contributed by atoms with E-state index in [2.05, 4.69) is 5.32 Å². The second-order valence-electron chi connectivity index (χ2n) is 3.76. The molecule has 20 heavy (non-hydrogen) atoms. The molecular formula is C12H14NO5S2-. The highest BCUT2D eigenvalue weighted by Crippen LogP contribution is 2.28. The summed E-state index contributed by atoms with van der Waals surface area (Å²) in [6.07, 6.45) is 0. The normalized spacial score (nSPS) is 10.1. The molecule has 1 heterocycles. The quantitative estimate of drug-likeness (QED) is 0.742. The first-order valence-corrected chi connectivity index (χ1v) is 7.81. The van der Waals surface area contributed by atoms with Gasteiger partial charge in [0.05, 0.1) is 23.9 Å². The van der Waals surface area contributed by atoms with Crippen LogP contribution in [0.3, 0.4) is 0 Å². The number of esters is 1. The Kier molecular flexibility index (Phi) is 6.53. The van der Waals surface area contributed by atoms with Crippen molar-refractivity contribution in [3.05, 3.63) is 16.5 Å². The van der Waals surface area contributed by atoms with Crippen molar-refractivity contribution in [2.45, 2.75) is 13.8 Å². The number of rotatable bonds is 7. The van der Waals surface area contributed by atoms with Gasteiger partial charge in [-0.3, -0.25) is 4.79 Å². The van der Waals surface area contributed by atoms with Gasteiger partial charge in [0.2, 0.25) is 5.91 Å². The number of aryl methyl sites for hydroxylation is 1. The maximum atomic E-state index is 11.8. The van der Waals surface area contributed by atoms with Gasteiger partial charge in [-0.1, -0.05) is 0 Å². The standard InChI is InChI=1S/C12H15NO5S2/c1-3-18-12(17)10-7(2)4-20-11(10)13-8(14)5-19-6-9(15)16/h4H,3,5-6H2,1-2H3,(H,13,14)(H,15,16)/p-1. The van der Waals surface area contributed by atoms with E-state index < -0.39 is 11.9 Å². The Morgan fingerprint density at radius 3 is 2.70 bits per heavy atom. The van der Waals surface area contributed by atoms with E-state index in [1.807, 2.05) is 0 Å². The van der Waals surface area contributed by atoms with Gasteiger partial charge < -0.3 is 20.0 Å². The summed E-state index contributed by atoms with van der Waals surface area (Å²) in [7, 11) is 0. The molecule has 0 aliphatic heterocycles. The van der Waals surface area contributed by atoms with Crippen LogP contribution in [0.2, 0.25) is 0 Å². The van der Waals surface area contributed by atoms with Gasteiger partial charge in [-0.25, -0.2) is 4.79 Å². The minimum Gasteiger partial charge on any atom is -0.549 e. The summed E-state index contributed by atoms with van der Waals surface area (Å²) in [4.78, 5) is 33.7. The first kappa shape index (κ1) is 16.5. The lowest BCUT2D eigenvalue weighted by Gasteiger charge is -2.07. The van der Waals surface area contributed by atoms with Crippen molar-refractivity contribution in [1.29, 1.82) is 0 Å². The Morgan fingerprint density at radius 1 is 1.40 bits per heavy atom. The van der Waals surface area contributed by atoms with Crippen molar-refractivity contribution >= 4 is 45.9 Å². The van der Waals surface area contributed by atoms with E-state index in [-0.39, 0.29) is 24.0 Å². The van der Waals surface area contributed by atoms with Gasteiger partial charge in [-0.2, -0.15) is 0 Å². The fraction of sp³-hybridized carbons (Fsp3) is 0.417. The number of ether oxygens (including phenoxy) is 1. The highest BCUT2D eigenvalue weighted by atomic mass is 32.2. The second-order valence-corrected chi connectivity index (χ2v) is 5.62. The maximum Gasteiger partial charge on any atom is 0.341 e. The van der Waals surface area contributed by atoms with Crippen LogP contribution >= 0.6 is 23.1 Å². The summed E-state index contributed by atoms with van der Waals surface area (Å²) in [5.74, 6) is -2.34. The number of carboxylic acids is 1. The molecule has 6 nitrogen and oxygen atoms in total. The van der Waals surface area contributed by atoms with Crippen molar-refractivity contribution in [2.24, 2.45) is 0 Å². The average molecular weight is 316 g/mol. The van der Waals surface area contributed by atoms with Crippen molar-refractivity contribution in [3.8, 4) is 0 Å². The van der Waals surface area contributed by atoms with Crippen LogP contribution in [0.1, 0.15) is 22.8 Å². The predicted octanol–water partition coefficient (Wildman–Crippen LogP) is 0.655. The van der Waals surface area contributed by atoms with Crippen LogP contribution in [-0.2, 0) is 14.3 Å². The van der Waals surface area contributed by atoms with Crippen molar-refractivity contribution in [1.82, 2.24) is 0 Å². The number of nitrogens with one attached hydrogen (secondary N) is 1. The zero-order chi connectivity index (χ0) is 15.1. The molecule has 1 rings (SSSR count). The molecular weight excluding hydrogens is 302 g/mol. The molecule has 0 unspecified atom stereocenters. The van der Waals surface area contributed by atoms with Gasteiger partial charge in [-0.05, 0) is 24.8 Å². The summed E-state index contributed by atoms with van der Waals surface area (Å²) < 4.78 is 4.93. The first-order chi connectivity index (χ1) is 9.45. The van der Waals surface area contributed by atoms with Crippen LogP contribution in [0, 0.1) is 6.92 Å². The molecule has 110 valence electrons. The van der Waals surface area contributed by atoms with Gasteiger partial charge in [0.15, 0.2) is 0 Å². The van der Waals surface area contributed by atoms with Crippen LogP contribution in [0.15, 0.2) is 5.38 Å². The molecule has 0 spiro atoms. The Labute approximate surface area is 124 Å². The third kappa shape index (κ3) is 4.86. The van der Waals surface area contributed by atoms with E-state index >= 15 is 0 Å². The Hall–Kier alpha value is -1.54. The largest absolute Gasteiger partial charge is 0.549 e. The summed E-state index contributed by atoms with van der Waals surface area (Å²) >= 11 is 2.16. The molecule has 1 amide bonds. The van der Waals surface area contributed by atoms with Gasteiger partial charge in [0.1, 0.15) is 5.00 Å². The van der Waals surface area contributed by atoms with Gasteiger partial charge >= 0.3 is 5.97 Å². The molecule has 0 fully saturated rings. The maximum absolute atomic E-state index is 11.8. The van der Waals surface area contributed by atoms with Crippen LogP contribution < -0.4 is 10.4 Å². The van der Waals surface area contributed by atoms with Crippen LogP contribution in [0.4, 0.5) is 5.00 Å². The molecule has 0 atom stereocenters. The number of carbonyl (C=O) groups is 3. The minimum absolute atomic E-state index is 0.0206. The molecule has 0 saturated heterocycles. The number of amides is 1. The first-order valence-electron chi connectivity index (χ1n) is 5.78. The third-order valence-electron chi connectivity index (χ3n) is 2.16.